The summed E-state index contributed by atoms with van der Waals surface area (Å²) in [5.41, 5.74) is 3.42. The summed E-state index contributed by atoms with van der Waals surface area (Å²) in [6, 6.07) is 12.0. The first-order valence-electron chi connectivity index (χ1n) is 8.45. The van der Waals surface area contributed by atoms with Crippen LogP contribution in [-0.2, 0) is 0 Å². The topological polar surface area (TPSA) is 64.9 Å². The van der Waals surface area contributed by atoms with E-state index in [0.717, 1.165) is 21.3 Å². The molecule has 0 bridgehead atoms. The van der Waals surface area contributed by atoms with Crippen LogP contribution in [0.4, 0.5) is 0 Å². The van der Waals surface area contributed by atoms with Crippen LogP contribution in [0.3, 0.4) is 0 Å². The molecule has 4 nitrogen and oxygen atoms in total. The van der Waals surface area contributed by atoms with E-state index in [0.29, 0.717) is 27.7 Å². The predicted octanol–water partition coefficient (Wildman–Crippen LogP) is 5.41. The van der Waals surface area contributed by atoms with Crippen LogP contribution in [0.1, 0.15) is 33.1 Å². The maximum atomic E-state index is 12.9. The van der Waals surface area contributed by atoms with Gasteiger partial charge in [-0.1, -0.05) is 45.2 Å². The fourth-order valence-electron chi connectivity index (χ4n) is 2.86. The average molecular weight is 477 g/mol. The second kappa shape index (κ2) is 8.83. The number of dihydropyridines is 1. The molecule has 2 aromatic carbocycles. The Labute approximate surface area is 182 Å². The third-order valence-electron chi connectivity index (χ3n) is 4.38. The molecule has 1 aliphatic heterocycles. The quantitative estimate of drug-likeness (QED) is 0.619. The highest BCUT2D eigenvalue weighted by molar-refractivity contribution is 9.11. The Morgan fingerprint density at radius 3 is 2.61 bits per heavy atom. The number of halogens is 3. The van der Waals surface area contributed by atoms with E-state index in [1.807, 2.05) is 18.2 Å². The third-order valence-corrected chi connectivity index (χ3v) is 5.66. The van der Waals surface area contributed by atoms with Gasteiger partial charge in [-0.3, -0.25) is 4.79 Å². The molecule has 142 valence electrons. The first-order valence-corrected chi connectivity index (χ1v) is 10.0. The maximum absolute atomic E-state index is 12.9. The number of hydrogen-bond donors (Lipinski definition) is 2. The monoisotopic (exact) mass is 475 g/mol. The summed E-state index contributed by atoms with van der Waals surface area (Å²) in [6.45, 7) is 2.43. The SMILES string of the molecule is Cc1cc(C(=O)N[C@@H](C2=CC=C(Br)CN2)c2ccc(Cl)c(Cl)c2)ccc1C#N. The van der Waals surface area contributed by atoms with E-state index in [4.69, 9.17) is 28.5 Å². The molecule has 2 N–H and O–H groups in total. The van der Waals surface area contributed by atoms with Crippen LogP contribution in [0.2, 0.25) is 10.0 Å². The van der Waals surface area contributed by atoms with Crippen LogP contribution < -0.4 is 10.6 Å². The lowest BCUT2D eigenvalue weighted by atomic mass is 10.0. The van der Waals surface area contributed by atoms with Crippen LogP contribution in [0.5, 0.6) is 0 Å². The lowest BCUT2D eigenvalue weighted by Gasteiger charge is -2.26. The average Bonchev–Trinajstić information content (AvgIpc) is 2.69. The number of nitrogens with zero attached hydrogens (tertiary/aromatic N) is 1. The fourth-order valence-corrected chi connectivity index (χ4v) is 3.44. The van der Waals surface area contributed by atoms with Gasteiger partial charge in [0.1, 0.15) is 0 Å². The van der Waals surface area contributed by atoms with E-state index >= 15 is 0 Å². The number of hydrogen-bond acceptors (Lipinski definition) is 3. The summed E-state index contributed by atoms with van der Waals surface area (Å²) in [5, 5.41) is 16.3. The Bertz CT molecular complexity index is 1040. The molecule has 0 radical (unpaired) electrons. The Morgan fingerprint density at radius 2 is 2.00 bits per heavy atom. The van der Waals surface area contributed by atoms with Crippen molar-refractivity contribution in [2.24, 2.45) is 0 Å². The molecule has 0 fully saturated rings. The number of carbonyl (C=O) groups is 1. The van der Waals surface area contributed by atoms with Crippen molar-refractivity contribution in [3.63, 3.8) is 0 Å². The molecule has 7 heteroatoms. The van der Waals surface area contributed by atoms with Gasteiger partial charge in [0.2, 0.25) is 0 Å². The Balaban J connectivity index is 1.95. The number of carbonyl (C=O) groups excluding carboxylic acids is 1. The third kappa shape index (κ3) is 4.59. The molecular weight excluding hydrogens is 461 g/mol. The van der Waals surface area contributed by atoms with Crippen molar-refractivity contribution in [3.8, 4) is 6.07 Å². The molecule has 2 aromatic rings. The largest absolute Gasteiger partial charge is 0.382 e. The van der Waals surface area contributed by atoms with Gasteiger partial charge in [0.15, 0.2) is 0 Å². The van der Waals surface area contributed by atoms with Crippen LogP contribution in [0.15, 0.2) is 58.7 Å². The number of benzene rings is 2. The molecule has 0 saturated carbocycles. The highest BCUT2D eigenvalue weighted by atomic mass is 79.9. The van der Waals surface area contributed by atoms with Gasteiger partial charge in [-0.25, -0.2) is 0 Å². The van der Waals surface area contributed by atoms with E-state index in [1.54, 1.807) is 37.3 Å². The first-order chi connectivity index (χ1) is 13.4. The molecule has 1 aliphatic rings. The Morgan fingerprint density at radius 1 is 1.21 bits per heavy atom. The smallest absolute Gasteiger partial charge is 0.252 e. The summed E-state index contributed by atoms with van der Waals surface area (Å²) in [4.78, 5) is 12.9. The van der Waals surface area contributed by atoms with Gasteiger partial charge in [0, 0.05) is 22.3 Å². The van der Waals surface area contributed by atoms with Gasteiger partial charge in [-0.15, -0.1) is 0 Å². The number of allylic oxidation sites excluding steroid dienone is 2. The molecule has 1 heterocycles. The fraction of sp³-hybridized carbons (Fsp3) is 0.143. The highest BCUT2D eigenvalue weighted by Gasteiger charge is 2.22. The lowest BCUT2D eigenvalue weighted by Crippen LogP contribution is -2.35. The van der Waals surface area contributed by atoms with Crippen molar-refractivity contribution in [2.75, 3.05) is 6.54 Å². The zero-order valence-corrected chi connectivity index (χ0v) is 18.0. The second-order valence-corrected chi connectivity index (χ2v) is 8.14. The van der Waals surface area contributed by atoms with Crippen LogP contribution in [0, 0.1) is 18.3 Å². The van der Waals surface area contributed by atoms with E-state index in [2.05, 4.69) is 32.6 Å². The van der Waals surface area contributed by atoms with Crippen LogP contribution in [-0.4, -0.2) is 12.5 Å². The zero-order valence-electron chi connectivity index (χ0n) is 14.9. The van der Waals surface area contributed by atoms with Crippen molar-refractivity contribution in [2.45, 2.75) is 13.0 Å². The van der Waals surface area contributed by atoms with Gasteiger partial charge < -0.3 is 10.6 Å². The standard InChI is InChI=1S/C21H16BrCl2N3O/c1-12-8-14(2-3-15(12)10-25)21(28)27-20(19-7-5-16(22)11-26-19)13-4-6-17(23)18(24)9-13/h2-9,20,26H,11H2,1H3,(H,27,28)/t20-/m1/s1. The number of amides is 1. The normalized spacial score (nSPS) is 14.2. The van der Waals surface area contributed by atoms with Gasteiger partial charge >= 0.3 is 0 Å². The predicted molar refractivity (Wildman–Crippen MR) is 116 cm³/mol. The summed E-state index contributed by atoms with van der Waals surface area (Å²) < 4.78 is 1.01. The van der Waals surface area contributed by atoms with E-state index in [1.165, 1.54) is 0 Å². The van der Waals surface area contributed by atoms with Crippen LogP contribution in [0.25, 0.3) is 0 Å². The van der Waals surface area contributed by atoms with Crippen molar-refractivity contribution < 1.29 is 4.79 Å². The molecule has 1 amide bonds. The molecule has 0 spiro atoms. The summed E-state index contributed by atoms with van der Waals surface area (Å²) in [6.07, 6.45) is 3.85. The lowest BCUT2D eigenvalue weighted by molar-refractivity contribution is 0.0941. The zero-order chi connectivity index (χ0) is 20.3. The van der Waals surface area contributed by atoms with Gasteiger partial charge in [0.25, 0.3) is 5.91 Å². The highest BCUT2D eigenvalue weighted by Crippen LogP contribution is 2.29. The number of aryl methyl sites for hydroxylation is 1. The van der Waals surface area contributed by atoms with Crippen molar-refractivity contribution >= 4 is 45.0 Å². The van der Waals surface area contributed by atoms with Crippen molar-refractivity contribution in [1.82, 2.24) is 10.6 Å². The summed E-state index contributed by atoms with van der Waals surface area (Å²) in [5.74, 6) is -0.250. The molecule has 0 unspecified atom stereocenters. The molecule has 0 aliphatic carbocycles. The summed E-state index contributed by atoms with van der Waals surface area (Å²) in [7, 11) is 0. The van der Waals surface area contributed by atoms with Gasteiger partial charge in [-0.05, 0) is 60.5 Å². The minimum Gasteiger partial charge on any atom is -0.382 e. The molecule has 28 heavy (non-hydrogen) atoms. The number of nitrogens with one attached hydrogen (secondary N) is 2. The maximum Gasteiger partial charge on any atom is 0.252 e. The van der Waals surface area contributed by atoms with Gasteiger partial charge in [-0.2, -0.15) is 5.26 Å². The Kier molecular flexibility index (Phi) is 6.46. The van der Waals surface area contributed by atoms with Crippen molar-refractivity contribution in [3.05, 3.63) is 91.0 Å². The molecule has 3 rings (SSSR count). The first kappa shape index (κ1) is 20.5. The Hall–Kier alpha value is -2.26. The minimum absolute atomic E-state index is 0.250. The van der Waals surface area contributed by atoms with Gasteiger partial charge in [0.05, 0.1) is 27.7 Å². The van der Waals surface area contributed by atoms with E-state index < -0.39 is 6.04 Å². The minimum atomic E-state index is -0.435. The molecule has 0 aromatic heterocycles. The second-order valence-electron chi connectivity index (χ2n) is 6.31. The van der Waals surface area contributed by atoms with Crippen molar-refractivity contribution in [1.29, 1.82) is 5.26 Å². The molecule has 1 atom stereocenters. The number of nitriles is 1. The van der Waals surface area contributed by atoms with E-state index in [9.17, 15) is 4.79 Å². The molecular formula is C21H16BrCl2N3O. The number of rotatable bonds is 4. The molecule has 0 saturated heterocycles. The van der Waals surface area contributed by atoms with E-state index in [-0.39, 0.29) is 5.91 Å². The van der Waals surface area contributed by atoms with Crippen LogP contribution >= 0.6 is 39.1 Å². The summed E-state index contributed by atoms with van der Waals surface area (Å²) >= 11 is 15.7.